The van der Waals surface area contributed by atoms with Gasteiger partial charge < -0.3 is 19.1 Å². The van der Waals surface area contributed by atoms with E-state index in [2.05, 4.69) is 0 Å². The van der Waals surface area contributed by atoms with Crippen molar-refractivity contribution in [2.75, 3.05) is 27.4 Å². The molecule has 0 spiro atoms. The van der Waals surface area contributed by atoms with Crippen molar-refractivity contribution in [3.8, 4) is 21.9 Å². The van der Waals surface area contributed by atoms with Crippen molar-refractivity contribution in [3.63, 3.8) is 0 Å². The normalized spacial score (nSPS) is 13.0. The van der Waals surface area contributed by atoms with Crippen molar-refractivity contribution in [1.29, 1.82) is 0 Å². The highest BCUT2D eigenvalue weighted by molar-refractivity contribution is 7.16. The minimum absolute atomic E-state index is 0.223. The summed E-state index contributed by atoms with van der Waals surface area (Å²) in [5, 5.41) is 0. The Morgan fingerprint density at radius 1 is 1.00 bits per heavy atom. The number of amides is 1. The lowest BCUT2D eigenvalue weighted by atomic mass is 9.99. The number of benzene rings is 2. The van der Waals surface area contributed by atoms with Gasteiger partial charge in [0.15, 0.2) is 18.1 Å². The predicted molar refractivity (Wildman–Crippen MR) is 128 cm³/mol. The first-order valence-electron chi connectivity index (χ1n) is 10.6. The first-order valence-corrected chi connectivity index (χ1v) is 11.4. The first-order chi connectivity index (χ1) is 16.1. The van der Waals surface area contributed by atoms with Crippen molar-refractivity contribution in [2.45, 2.75) is 13.0 Å². The van der Waals surface area contributed by atoms with Gasteiger partial charge in [-0.3, -0.25) is 4.79 Å². The number of carbonyl (C=O) groups excluding carboxylic acids is 2. The van der Waals surface area contributed by atoms with E-state index in [9.17, 15) is 9.59 Å². The van der Waals surface area contributed by atoms with Crippen LogP contribution in [0.25, 0.3) is 16.5 Å². The summed E-state index contributed by atoms with van der Waals surface area (Å²) in [6, 6.07) is 17.9. The molecule has 0 saturated carbocycles. The van der Waals surface area contributed by atoms with Crippen LogP contribution >= 0.6 is 11.3 Å². The van der Waals surface area contributed by atoms with E-state index in [0.29, 0.717) is 31.0 Å². The third-order valence-corrected chi connectivity index (χ3v) is 6.58. The lowest BCUT2D eigenvalue weighted by Crippen LogP contribution is -2.38. The summed E-state index contributed by atoms with van der Waals surface area (Å²) < 4.78 is 15.9. The highest BCUT2D eigenvalue weighted by atomic mass is 32.1. The van der Waals surface area contributed by atoms with Gasteiger partial charge in [-0.05, 0) is 53.5 Å². The third kappa shape index (κ3) is 5.43. The summed E-state index contributed by atoms with van der Waals surface area (Å²) in [5.74, 6) is 0.547. The van der Waals surface area contributed by atoms with E-state index in [1.165, 1.54) is 6.08 Å². The van der Waals surface area contributed by atoms with E-state index in [0.717, 1.165) is 26.4 Å². The van der Waals surface area contributed by atoms with Gasteiger partial charge in [-0.15, -0.1) is 11.3 Å². The Morgan fingerprint density at radius 2 is 1.73 bits per heavy atom. The van der Waals surface area contributed by atoms with Gasteiger partial charge >= 0.3 is 5.97 Å². The second-order valence-corrected chi connectivity index (χ2v) is 8.67. The summed E-state index contributed by atoms with van der Waals surface area (Å²) in [6.45, 7) is 0.719. The standard InChI is InChI=1S/C26H25NO5S/c1-30-22-14-19-12-13-27(16-20(19)15-23(22)31-2)25(28)17-32-26(29)11-9-21-8-10-24(33-21)18-6-4-3-5-7-18/h3-11,14-15H,12-13,16-17H2,1-2H3/b11-9+. The van der Waals surface area contributed by atoms with E-state index in [1.54, 1.807) is 36.5 Å². The molecule has 0 radical (unpaired) electrons. The molecule has 0 fully saturated rings. The highest BCUT2D eigenvalue weighted by Crippen LogP contribution is 2.33. The molecule has 1 aromatic heterocycles. The van der Waals surface area contributed by atoms with Crippen LogP contribution in [0, 0.1) is 0 Å². The van der Waals surface area contributed by atoms with Gasteiger partial charge in [-0.2, -0.15) is 0 Å². The van der Waals surface area contributed by atoms with Crippen LogP contribution in [0.3, 0.4) is 0 Å². The van der Waals surface area contributed by atoms with Crippen molar-refractivity contribution in [1.82, 2.24) is 4.90 Å². The minimum Gasteiger partial charge on any atom is -0.493 e. The van der Waals surface area contributed by atoms with Crippen LogP contribution in [0.1, 0.15) is 16.0 Å². The summed E-state index contributed by atoms with van der Waals surface area (Å²) in [5.41, 5.74) is 3.27. The fraction of sp³-hybridized carbons (Fsp3) is 0.231. The molecule has 2 aromatic carbocycles. The zero-order valence-corrected chi connectivity index (χ0v) is 19.4. The second kappa shape index (κ2) is 10.4. The van der Waals surface area contributed by atoms with Crippen LogP contribution in [0.4, 0.5) is 0 Å². The summed E-state index contributed by atoms with van der Waals surface area (Å²) in [6.07, 6.45) is 3.77. The Labute approximate surface area is 197 Å². The molecule has 0 aliphatic carbocycles. The second-order valence-electron chi connectivity index (χ2n) is 7.55. The van der Waals surface area contributed by atoms with Gasteiger partial charge in [0, 0.05) is 28.9 Å². The molecule has 2 heterocycles. The Bertz CT molecular complexity index is 1170. The Morgan fingerprint density at radius 3 is 2.45 bits per heavy atom. The van der Waals surface area contributed by atoms with E-state index >= 15 is 0 Å². The maximum absolute atomic E-state index is 12.6. The maximum atomic E-state index is 12.6. The van der Waals surface area contributed by atoms with Gasteiger partial charge in [-0.1, -0.05) is 30.3 Å². The number of thiophene rings is 1. The number of rotatable bonds is 7. The van der Waals surface area contributed by atoms with Crippen molar-refractivity contribution in [2.24, 2.45) is 0 Å². The molecule has 33 heavy (non-hydrogen) atoms. The van der Waals surface area contributed by atoms with Gasteiger partial charge in [0.25, 0.3) is 5.91 Å². The Balaban J connectivity index is 1.30. The largest absolute Gasteiger partial charge is 0.493 e. The molecule has 4 rings (SSSR count). The average Bonchev–Trinajstić information content (AvgIpc) is 3.34. The molecule has 0 saturated heterocycles. The molecular formula is C26H25NO5S. The first kappa shape index (κ1) is 22.6. The fourth-order valence-electron chi connectivity index (χ4n) is 3.72. The van der Waals surface area contributed by atoms with Crippen LogP contribution in [0.15, 0.2) is 60.7 Å². The van der Waals surface area contributed by atoms with Crippen LogP contribution in [-0.4, -0.2) is 44.1 Å². The van der Waals surface area contributed by atoms with Gasteiger partial charge in [0.05, 0.1) is 14.2 Å². The lowest BCUT2D eigenvalue weighted by molar-refractivity contribution is -0.148. The molecule has 6 nitrogen and oxygen atoms in total. The zero-order valence-electron chi connectivity index (χ0n) is 18.6. The molecule has 170 valence electrons. The number of methoxy groups -OCH3 is 2. The molecule has 7 heteroatoms. The third-order valence-electron chi connectivity index (χ3n) is 5.48. The van der Waals surface area contributed by atoms with Crippen molar-refractivity contribution >= 4 is 29.3 Å². The molecule has 1 aliphatic rings. The smallest absolute Gasteiger partial charge is 0.331 e. The summed E-state index contributed by atoms with van der Waals surface area (Å²) in [7, 11) is 3.19. The summed E-state index contributed by atoms with van der Waals surface area (Å²) >= 11 is 1.59. The van der Waals surface area contributed by atoms with Gasteiger partial charge in [0.1, 0.15) is 0 Å². The molecule has 0 atom stereocenters. The fourth-order valence-corrected chi connectivity index (χ4v) is 4.63. The SMILES string of the molecule is COc1cc2c(cc1OC)CN(C(=O)COC(=O)/C=C/c1ccc(-c3ccccc3)s1)CC2. The number of fused-ring (bicyclic) bond motifs is 1. The quantitative estimate of drug-likeness (QED) is 0.379. The van der Waals surface area contributed by atoms with Crippen LogP contribution in [-0.2, 0) is 27.3 Å². The molecule has 3 aromatic rings. The molecule has 0 N–H and O–H groups in total. The molecule has 0 bridgehead atoms. The number of nitrogens with zero attached hydrogens (tertiary/aromatic N) is 1. The Kier molecular flexibility index (Phi) is 7.10. The molecule has 0 unspecified atom stereocenters. The number of ether oxygens (including phenoxy) is 3. The Hall–Kier alpha value is -3.58. The van der Waals surface area contributed by atoms with Crippen LogP contribution < -0.4 is 9.47 Å². The van der Waals surface area contributed by atoms with E-state index in [1.807, 2.05) is 54.6 Å². The number of hydrogen-bond donors (Lipinski definition) is 0. The molecule has 1 amide bonds. The van der Waals surface area contributed by atoms with Crippen molar-refractivity contribution < 1.29 is 23.8 Å². The highest BCUT2D eigenvalue weighted by Gasteiger charge is 2.23. The lowest BCUT2D eigenvalue weighted by Gasteiger charge is -2.29. The topological polar surface area (TPSA) is 65.1 Å². The average molecular weight is 464 g/mol. The predicted octanol–water partition coefficient (Wildman–Crippen LogP) is 4.57. The minimum atomic E-state index is -0.540. The van der Waals surface area contributed by atoms with E-state index < -0.39 is 5.97 Å². The van der Waals surface area contributed by atoms with Crippen LogP contribution in [0.2, 0.25) is 0 Å². The van der Waals surface area contributed by atoms with E-state index in [-0.39, 0.29) is 12.5 Å². The summed E-state index contributed by atoms with van der Waals surface area (Å²) in [4.78, 5) is 28.5. The van der Waals surface area contributed by atoms with Gasteiger partial charge in [-0.25, -0.2) is 4.79 Å². The van der Waals surface area contributed by atoms with E-state index in [4.69, 9.17) is 14.2 Å². The zero-order chi connectivity index (χ0) is 23.2. The number of esters is 1. The monoisotopic (exact) mass is 463 g/mol. The van der Waals surface area contributed by atoms with Crippen LogP contribution in [0.5, 0.6) is 11.5 Å². The molecular weight excluding hydrogens is 438 g/mol. The molecule has 1 aliphatic heterocycles. The van der Waals surface area contributed by atoms with Gasteiger partial charge in [0.2, 0.25) is 0 Å². The number of carbonyl (C=O) groups is 2. The maximum Gasteiger partial charge on any atom is 0.331 e. The van der Waals surface area contributed by atoms with Crippen molar-refractivity contribution in [3.05, 3.63) is 76.7 Å². The number of hydrogen-bond acceptors (Lipinski definition) is 6.